The minimum absolute atomic E-state index is 1.02. The van der Waals surface area contributed by atoms with E-state index in [1.54, 1.807) is 0 Å². The van der Waals surface area contributed by atoms with Gasteiger partial charge in [0.2, 0.25) is 5.40 Å². The Morgan fingerprint density at radius 2 is 1.21 bits per heavy atom. The standard InChI is InChI=1S/C4H12O8P2/c1-11-3(12-2)4(13(5,6)7)14(8,9)10/h3-4H,1-2H3,(H2,5,6,7)(H2,8,9,10). The Bertz CT molecular complexity index is 239. The summed E-state index contributed by atoms with van der Waals surface area (Å²) >= 11 is 0. The highest BCUT2D eigenvalue weighted by molar-refractivity contribution is 7.70. The van der Waals surface area contributed by atoms with Crippen molar-refractivity contribution in [1.82, 2.24) is 0 Å². The fraction of sp³-hybridized carbons (Fsp3) is 1.00. The van der Waals surface area contributed by atoms with Crippen molar-refractivity contribution in [3.05, 3.63) is 0 Å². The molecule has 0 spiro atoms. The molecule has 0 rings (SSSR count). The van der Waals surface area contributed by atoms with E-state index in [1.165, 1.54) is 0 Å². The summed E-state index contributed by atoms with van der Waals surface area (Å²) in [5.41, 5.74) is 0. The third-order valence-electron chi connectivity index (χ3n) is 1.40. The Morgan fingerprint density at radius 1 is 0.929 bits per heavy atom. The molecule has 4 N–H and O–H groups in total. The van der Waals surface area contributed by atoms with Crippen molar-refractivity contribution in [3.63, 3.8) is 0 Å². The summed E-state index contributed by atoms with van der Waals surface area (Å²) < 4.78 is 30.4. The van der Waals surface area contributed by atoms with E-state index < -0.39 is 26.9 Å². The molecule has 0 heterocycles. The van der Waals surface area contributed by atoms with Gasteiger partial charge in [0.1, 0.15) is 0 Å². The SMILES string of the molecule is COC(OC)C(P(=O)(O)O)P(=O)(O)O. The fourth-order valence-electron chi connectivity index (χ4n) is 0.853. The van der Waals surface area contributed by atoms with E-state index in [1.807, 2.05) is 0 Å². The lowest BCUT2D eigenvalue weighted by atomic mass is 10.7. The molecule has 0 saturated heterocycles. The smallest absolute Gasteiger partial charge is 0.345 e. The van der Waals surface area contributed by atoms with Gasteiger partial charge in [0, 0.05) is 14.2 Å². The first-order valence-electron chi connectivity index (χ1n) is 3.30. The van der Waals surface area contributed by atoms with Crippen molar-refractivity contribution in [3.8, 4) is 0 Å². The highest BCUT2D eigenvalue weighted by Gasteiger charge is 2.49. The van der Waals surface area contributed by atoms with Gasteiger partial charge in [0.25, 0.3) is 0 Å². The number of rotatable bonds is 5. The molecule has 0 unspecified atom stereocenters. The largest absolute Gasteiger partial charge is 0.354 e. The molecule has 0 bridgehead atoms. The number of methoxy groups -OCH3 is 2. The Morgan fingerprint density at radius 3 is 1.29 bits per heavy atom. The molecule has 8 nitrogen and oxygen atoms in total. The van der Waals surface area contributed by atoms with Crippen molar-refractivity contribution in [2.24, 2.45) is 0 Å². The van der Waals surface area contributed by atoms with Gasteiger partial charge in [-0.3, -0.25) is 9.13 Å². The average Bonchev–Trinajstić information content (AvgIpc) is 1.94. The van der Waals surface area contributed by atoms with Gasteiger partial charge in [-0.2, -0.15) is 0 Å². The van der Waals surface area contributed by atoms with E-state index in [-0.39, 0.29) is 0 Å². The molecule has 86 valence electrons. The molecular formula is C4H12O8P2. The van der Waals surface area contributed by atoms with E-state index in [0.717, 1.165) is 14.2 Å². The lowest BCUT2D eigenvalue weighted by molar-refractivity contribution is -0.0966. The molecule has 0 atom stereocenters. The van der Waals surface area contributed by atoms with Gasteiger partial charge < -0.3 is 29.0 Å². The number of hydrogen-bond acceptors (Lipinski definition) is 4. The summed E-state index contributed by atoms with van der Waals surface area (Å²) in [7, 11) is -7.96. The highest BCUT2D eigenvalue weighted by atomic mass is 31.2. The molecular weight excluding hydrogens is 238 g/mol. The van der Waals surface area contributed by atoms with Crippen LogP contribution >= 0.6 is 15.2 Å². The molecule has 0 aliphatic heterocycles. The zero-order valence-corrected chi connectivity index (χ0v) is 9.26. The molecule has 0 aromatic carbocycles. The van der Waals surface area contributed by atoms with Gasteiger partial charge >= 0.3 is 15.2 Å². The summed E-state index contributed by atoms with van der Waals surface area (Å²) in [6.07, 6.45) is -1.66. The zero-order valence-electron chi connectivity index (χ0n) is 7.47. The normalized spacial score (nSPS) is 14.0. The van der Waals surface area contributed by atoms with Crippen molar-refractivity contribution in [2.75, 3.05) is 14.2 Å². The van der Waals surface area contributed by atoms with Crippen molar-refractivity contribution in [2.45, 2.75) is 11.7 Å². The van der Waals surface area contributed by atoms with Crippen molar-refractivity contribution in [1.29, 1.82) is 0 Å². The van der Waals surface area contributed by atoms with Crippen LogP contribution in [0.3, 0.4) is 0 Å². The van der Waals surface area contributed by atoms with Crippen LogP contribution in [0.5, 0.6) is 0 Å². The van der Waals surface area contributed by atoms with E-state index in [2.05, 4.69) is 9.47 Å². The highest BCUT2D eigenvalue weighted by Crippen LogP contribution is 2.61. The fourth-order valence-corrected chi connectivity index (χ4v) is 3.54. The minimum Gasteiger partial charge on any atom is -0.354 e. The molecule has 0 fully saturated rings. The third kappa shape index (κ3) is 3.76. The van der Waals surface area contributed by atoms with Gasteiger partial charge in [-0.1, -0.05) is 0 Å². The van der Waals surface area contributed by atoms with Gasteiger partial charge in [-0.25, -0.2) is 0 Å². The van der Waals surface area contributed by atoms with Crippen LogP contribution in [0.25, 0.3) is 0 Å². The van der Waals surface area contributed by atoms with E-state index in [4.69, 9.17) is 19.6 Å². The van der Waals surface area contributed by atoms with Crippen LogP contribution < -0.4 is 0 Å². The van der Waals surface area contributed by atoms with E-state index >= 15 is 0 Å². The van der Waals surface area contributed by atoms with E-state index in [0.29, 0.717) is 0 Å². The molecule has 0 radical (unpaired) electrons. The van der Waals surface area contributed by atoms with Crippen molar-refractivity contribution >= 4 is 15.2 Å². The molecule has 14 heavy (non-hydrogen) atoms. The maximum Gasteiger partial charge on any atom is 0.345 e. The number of ether oxygens (including phenoxy) is 2. The predicted octanol–water partition coefficient (Wildman–Crippen LogP) is -0.713. The first-order valence-corrected chi connectivity index (χ1v) is 6.67. The van der Waals surface area contributed by atoms with E-state index in [9.17, 15) is 9.13 Å². The Hall–Kier alpha value is 0.220. The lowest BCUT2D eigenvalue weighted by Gasteiger charge is -2.25. The third-order valence-corrected chi connectivity index (χ3v) is 5.07. The second-order valence-electron chi connectivity index (χ2n) is 2.43. The van der Waals surface area contributed by atoms with Crippen LogP contribution in [-0.4, -0.2) is 45.5 Å². The van der Waals surface area contributed by atoms with Crippen LogP contribution in [0, 0.1) is 0 Å². The molecule has 0 aromatic rings. The van der Waals surface area contributed by atoms with Crippen LogP contribution in [0.2, 0.25) is 0 Å². The molecule has 0 saturated carbocycles. The average molecular weight is 250 g/mol. The maximum atomic E-state index is 10.8. The van der Waals surface area contributed by atoms with Gasteiger partial charge in [-0.15, -0.1) is 0 Å². The second kappa shape index (κ2) is 4.83. The number of hydrogen-bond donors (Lipinski definition) is 4. The Kier molecular flexibility index (Phi) is 4.90. The second-order valence-corrected chi connectivity index (χ2v) is 6.31. The van der Waals surface area contributed by atoms with Gasteiger partial charge in [-0.05, 0) is 0 Å². The Labute approximate surface area is 80.2 Å². The van der Waals surface area contributed by atoms with Crippen LogP contribution in [-0.2, 0) is 18.6 Å². The summed E-state index contributed by atoms with van der Waals surface area (Å²) in [6.45, 7) is 0. The monoisotopic (exact) mass is 250 g/mol. The summed E-state index contributed by atoms with van der Waals surface area (Å²) in [4.78, 5) is 34.8. The Balaban J connectivity index is 5.12. The van der Waals surface area contributed by atoms with Crippen molar-refractivity contribution < 1.29 is 38.2 Å². The molecule has 10 heteroatoms. The molecule has 0 aliphatic rings. The first kappa shape index (κ1) is 14.2. The quantitative estimate of drug-likeness (QED) is 0.371. The summed E-state index contributed by atoms with van der Waals surface area (Å²) in [5.74, 6) is 0. The molecule has 0 aromatic heterocycles. The topological polar surface area (TPSA) is 134 Å². The van der Waals surface area contributed by atoms with Gasteiger partial charge in [0.15, 0.2) is 6.29 Å². The maximum absolute atomic E-state index is 10.8. The van der Waals surface area contributed by atoms with Crippen LogP contribution in [0.15, 0.2) is 0 Å². The summed E-state index contributed by atoms with van der Waals surface area (Å²) in [6, 6.07) is 0. The summed E-state index contributed by atoms with van der Waals surface area (Å²) in [5, 5.41) is -2.30. The molecule has 0 amide bonds. The molecule has 0 aliphatic carbocycles. The predicted molar refractivity (Wildman–Crippen MR) is 45.7 cm³/mol. The van der Waals surface area contributed by atoms with Crippen LogP contribution in [0.4, 0.5) is 0 Å². The minimum atomic E-state index is -5.00. The lowest BCUT2D eigenvalue weighted by Crippen LogP contribution is -2.29. The van der Waals surface area contributed by atoms with Crippen LogP contribution in [0.1, 0.15) is 0 Å². The zero-order chi connectivity index (χ0) is 11.6. The first-order chi connectivity index (χ1) is 6.14. The van der Waals surface area contributed by atoms with Gasteiger partial charge in [0.05, 0.1) is 0 Å².